The molecule has 4 aromatic carbocycles. The lowest BCUT2D eigenvalue weighted by Crippen LogP contribution is -2.16. The van der Waals surface area contributed by atoms with Crippen molar-refractivity contribution in [1.82, 2.24) is 0 Å². The number of thiophene rings is 1. The second-order valence-electron chi connectivity index (χ2n) is 11.4. The molecule has 0 aliphatic heterocycles. The first-order valence-corrected chi connectivity index (χ1v) is 14.7. The molecular weight excluding hydrogens is 534 g/mol. The van der Waals surface area contributed by atoms with Gasteiger partial charge in [0.05, 0.1) is 4.70 Å². The van der Waals surface area contributed by atoms with E-state index in [1.54, 1.807) is 11.3 Å². The number of hydrogen-bond donors (Lipinski definition) is 0. The van der Waals surface area contributed by atoms with Gasteiger partial charge in [-0.2, -0.15) is 10.5 Å². The second kappa shape index (κ2) is 9.48. The van der Waals surface area contributed by atoms with E-state index in [2.05, 4.69) is 111 Å². The molecule has 2 aromatic heterocycles. The maximum absolute atomic E-state index is 9.13. The molecule has 2 heterocycles. The summed E-state index contributed by atoms with van der Waals surface area (Å²) in [5.41, 5.74) is 11.8. The molecule has 1 aliphatic rings. The van der Waals surface area contributed by atoms with E-state index in [1.165, 1.54) is 39.5 Å². The van der Waals surface area contributed by atoms with Gasteiger partial charge < -0.3 is 9.32 Å². The van der Waals surface area contributed by atoms with Gasteiger partial charge in [0, 0.05) is 44.7 Å². The Morgan fingerprint density at radius 1 is 0.762 bits per heavy atom. The summed E-state index contributed by atoms with van der Waals surface area (Å²) in [6.45, 7) is 8.93. The first kappa shape index (κ1) is 25.8. The zero-order valence-electron chi connectivity index (χ0n) is 23.8. The van der Waals surface area contributed by atoms with Gasteiger partial charge in [-0.05, 0) is 89.7 Å². The lowest BCUT2D eigenvalue weighted by molar-refractivity contribution is 0.607. The van der Waals surface area contributed by atoms with Gasteiger partial charge in [-0.3, -0.25) is 0 Å². The molecular formula is C37H27N3OS. The minimum absolute atomic E-state index is 0.0210. The lowest BCUT2D eigenvalue weighted by atomic mass is 9.82. The molecule has 1 aliphatic carbocycles. The first-order valence-electron chi connectivity index (χ1n) is 13.9. The number of hydrogen-bond acceptors (Lipinski definition) is 5. The molecule has 5 heteroatoms. The van der Waals surface area contributed by atoms with Crippen molar-refractivity contribution in [3.8, 4) is 23.3 Å². The Morgan fingerprint density at radius 3 is 2.24 bits per heavy atom. The van der Waals surface area contributed by atoms with Crippen LogP contribution in [0.2, 0.25) is 0 Å². The van der Waals surface area contributed by atoms with Crippen LogP contribution in [0.5, 0.6) is 0 Å². The highest BCUT2D eigenvalue weighted by atomic mass is 32.1. The van der Waals surface area contributed by atoms with Crippen LogP contribution in [-0.2, 0) is 5.41 Å². The summed E-state index contributed by atoms with van der Waals surface area (Å²) in [6, 6.07) is 34.4. The van der Waals surface area contributed by atoms with E-state index in [-0.39, 0.29) is 11.0 Å². The van der Waals surface area contributed by atoms with Crippen LogP contribution in [-0.4, -0.2) is 0 Å². The lowest BCUT2D eigenvalue weighted by Gasteiger charge is -2.28. The highest BCUT2D eigenvalue weighted by Crippen LogP contribution is 2.51. The number of anilines is 3. The number of fused-ring (bicyclic) bond motifs is 6. The summed E-state index contributed by atoms with van der Waals surface area (Å²) < 4.78 is 8.17. The number of benzene rings is 4. The largest absolute Gasteiger partial charge is 0.455 e. The van der Waals surface area contributed by atoms with Crippen LogP contribution in [0.15, 0.2) is 94.9 Å². The molecule has 0 spiro atoms. The molecule has 6 aromatic rings. The van der Waals surface area contributed by atoms with E-state index in [0.717, 1.165) is 37.4 Å². The quantitative estimate of drug-likeness (QED) is 0.201. The summed E-state index contributed by atoms with van der Waals surface area (Å²) in [5.74, 6) is 0.513. The first-order chi connectivity index (χ1) is 20.3. The molecule has 0 saturated carbocycles. The number of allylic oxidation sites excluding steroid dienone is 1. The number of furan rings is 1. The van der Waals surface area contributed by atoms with Gasteiger partial charge in [0.15, 0.2) is 5.58 Å². The number of aryl methyl sites for hydroxylation is 2. The van der Waals surface area contributed by atoms with E-state index in [1.807, 2.05) is 18.2 Å². The molecule has 0 bridgehead atoms. The van der Waals surface area contributed by atoms with Crippen LogP contribution in [0.3, 0.4) is 0 Å². The van der Waals surface area contributed by atoms with Crippen molar-refractivity contribution in [2.75, 3.05) is 4.90 Å². The molecule has 0 saturated heterocycles. The Hall–Kier alpha value is -5.10. The minimum atomic E-state index is -0.0951. The number of nitrogens with zero attached hydrogens (tertiary/aromatic N) is 3. The van der Waals surface area contributed by atoms with E-state index in [4.69, 9.17) is 14.9 Å². The fourth-order valence-corrected chi connectivity index (χ4v) is 7.25. The summed E-state index contributed by atoms with van der Waals surface area (Å²) in [5, 5.41) is 19.3. The van der Waals surface area contributed by atoms with Crippen molar-refractivity contribution in [2.24, 2.45) is 0 Å². The van der Waals surface area contributed by atoms with Crippen molar-refractivity contribution < 1.29 is 4.42 Å². The number of rotatable bonds is 4. The molecule has 0 amide bonds. The van der Waals surface area contributed by atoms with Gasteiger partial charge in [-0.1, -0.05) is 50.2 Å². The van der Waals surface area contributed by atoms with Crippen LogP contribution in [0.4, 0.5) is 17.1 Å². The zero-order valence-corrected chi connectivity index (χ0v) is 24.6. The maximum atomic E-state index is 9.13. The number of nitriles is 2. The third-order valence-electron chi connectivity index (χ3n) is 8.51. The molecule has 0 fully saturated rings. The average molecular weight is 562 g/mol. The third kappa shape index (κ3) is 3.94. The van der Waals surface area contributed by atoms with Crippen LogP contribution >= 0.6 is 11.3 Å². The van der Waals surface area contributed by atoms with Gasteiger partial charge >= 0.3 is 0 Å². The van der Waals surface area contributed by atoms with Crippen molar-refractivity contribution >= 4 is 54.8 Å². The summed E-state index contributed by atoms with van der Waals surface area (Å²) in [4.78, 5) is 2.34. The molecule has 0 unspecified atom stereocenters. The molecule has 0 radical (unpaired) electrons. The minimum Gasteiger partial charge on any atom is -0.455 e. The highest BCUT2D eigenvalue weighted by molar-refractivity contribution is 7.25. The monoisotopic (exact) mass is 561 g/mol. The standard InChI is InChI=1S/C37H27N3OS/c1-22-9-10-25(15-23(22)2)40(26-11-13-30-29-7-5-6-8-32(29)37(3,4)33(30)17-26)27-12-14-31-34(18-27)42-35-19-28(41-36(31)35)16-24(20-38)21-39/h5-19H,1-4H3. The van der Waals surface area contributed by atoms with E-state index in [9.17, 15) is 0 Å². The maximum Gasteiger partial charge on any atom is 0.153 e. The van der Waals surface area contributed by atoms with E-state index >= 15 is 0 Å². The van der Waals surface area contributed by atoms with Gasteiger partial charge in [-0.25, -0.2) is 0 Å². The molecule has 7 rings (SSSR count). The van der Waals surface area contributed by atoms with Gasteiger partial charge in [-0.15, -0.1) is 11.3 Å². The molecule has 42 heavy (non-hydrogen) atoms. The SMILES string of the molecule is Cc1ccc(N(c2ccc3c(c2)C(C)(C)c2ccccc2-3)c2ccc3c(c2)sc2cc(C=C(C#N)C#N)oc23)cc1C. The Labute approximate surface area is 249 Å². The normalized spacial score (nSPS) is 12.9. The fourth-order valence-electron chi connectivity index (χ4n) is 6.14. The fraction of sp³-hybridized carbons (Fsp3) is 0.135. The topological polar surface area (TPSA) is 64.0 Å². The van der Waals surface area contributed by atoms with Crippen molar-refractivity contribution in [2.45, 2.75) is 33.1 Å². The van der Waals surface area contributed by atoms with E-state index < -0.39 is 0 Å². The highest BCUT2D eigenvalue weighted by Gasteiger charge is 2.35. The van der Waals surface area contributed by atoms with Crippen molar-refractivity contribution in [3.05, 3.63) is 119 Å². The van der Waals surface area contributed by atoms with Crippen LogP contribution in [0.25, 0.3) is 37.6 Å². The van der Waals surface area contributed by atoms with Crippen LogP contribution < -0.4 is 4.90 Å². The summed E-state index contributed by atoms with van der Waals surface area (Å²) in [6.07, 6.45) is 1.49. The summed E-state index contributed by atoms with van der Waals surface area (Å²) in [7, 11) is 0. The Balaban J connectivity index is 1.38. The average Bonchev–Trinajstić information content (AvgIpc) is 3.61. The second-order valence-corrected chi connectivity index (χ2v) is 12.5. The van der Waals surface area contributed by atoms with E-state index in [0.29, 0.717) is 5.76 Å². The van der Waals surface area contributed by atoms with Crippen molar-refractivity contribution in [3.63, 3.8) is 0 Å². The smallest absolute Gasteiger partial charge is 0.153 e. The van der Waals surface area contributed by atoms with Gasteiger partial charge in [0.2, 0.25) is 0 Å². The molecule has 0 N–H and O–H groups in total. The molecule has 0 atom stereocenters. The summed E-state index contributed by atoms with van der Waals surface area (Å²) >= 11 is 1.65. The Morgan fingerprint density at radius 2 is 1.45 bits per heavy atom. The molecule has 202 valence electrons. The van der Waals surface area contributed by atoms with Gasteiger partial charge in [0.25, 0.3) is 0 Å². The van der Waals surface area contributed by atoms with Gasteiger partial charge in [0.1, 0.15) is 23.5 Å². The molecule has 4 nitrogen and oxygen atoms in total. The van der Waals surface area contributed by atoms with Crippen LogP contribution in [0.1, 0.15) is 41.9 Å². The van der Waals surface area contributed by atoms with Crippen molar-refractivity contribution in [1.29, 1.82) is 10.5 Å². The Bertz CT molecular complexity index is 2170. The van der Waals surface area contributed by atoms with Crippen LogP contribution in [0, 0.1) is 36.5 Å². The zero-order chi connectivity index (χ0) is 29.2. The Kier molecular flexibility index (Phi) is 5.84. The third-order valence-corrected chi connectivity index (χ3v) is 9.59. The predicted octanol–water partition coefficient (Wildman–Crippen LogP) is 10.5. The predicted molar refractivity (Wildman–Crippen MR) is 173 cm³/mol.